The second-order valence-corrected chi connectivity index (χ2v) is 10.5. The van der Waals surface area contributed by atoms with E-state index in [-0.39, 0.29) is 5.92 Å². The van der Waals surface area contributed by atoms with Gasteiger partial charge in [0, 0.05) is 48.1 Å². The van der Waals surface area contributed by atoms with E-state index in [1.165, 1.54) is 12.0 Å². The predicted octanol–water partition coefficient (Wildman–Crippen LogP) is 5.30. The van der Waals surface area contributed by atoms with Crippen LogP contribution < -0.4 is 5.32 Å². The molecule has 2 fully saturated rings. The number of aliphatic carboxylic acids is 1. The summed E-state index contributed by atoms with van der Waals surface area (Å²) in [4.78, 5) is 23.6. The van der Waals surface area contributed by atoms with Gasteiger partial charge in [-0.2, -0.15) is 0 Å². The normalized spacial score (nSPS) is 22.1. The number of hydrogen-bond donors (Lipinski definition) is 2. The number of nitrogens with zero attached hydrogens (tertiary/aromatic N) is 3. The van der Waals surface area contributed by atoms with Crippen LogP contribution in [0.5, 0.6) is 0 Å². The number of aromatic nitrogens is 2. The SMILES string of the molecule is O=C(O)[C@H](c1cccnc1C1CCC1)N1CCC(C(F)CCCCc2ccc3c(n2)NCCC3)C1. The molecule has 2 aliphatic heterocycles. The minimum Gasteiger partial charge on any atom is -0.480 e. The molecule has 0 amide bonds. The summed E-state index contributed by atoms with van der Waals surface area (Å²) in [5.74, 6) is 0.416. The van der Waals surface area contributed by atoms with Crippen molar-refractivity contribution >= 4 is 11.8 Å². The second-order valence-electron chi connectivity index (χ2n) is 10.5. The molecular formula is C28H37FN4O2. The number of pyridine rings is 2. The van der Waals surface area contributed by atoms with Crippen molar-refractivity contribution in [2.24, 2.45) is 5.92 Å². The smallest absolute Gasteiger partial charge is 0.325 e. The molecule has 1 saturated carbocycles. The number of carbonyl (C=O) groups is 1. The Morgan fingerprint density at radius 2 is 2.09 bits per heavy atom. The molecule has 188 valence electrons. The van der Waals surface area contributed by atoms with E-state index in [0.29, 0.717) is 31.8 Å². The molecule has 35 heavy (non-hydrogen) atoms. The quantitative estimate of drug-likeness (QED) is 0.449. The largest absolute Gasteiger partial charge is 0.480 e. The Balaban J connectivity index is 1.13. The number of carboxylic acids is 1. The Hall–Kier alpha value is -2.54. The minimum absolute atomic E-state index is 0.105. The molecule has 2 aromatic rings. The zero-order valence-corrected chi connectivity index (χ0v) is 20.5. The third kappa shape index (κ3) is 5.50. The number of halogens is 1. The van der Waals surface area contributed by atoms with Crippen molar-refractivity contribution in [3.63, 3.8) is 0 Å². The molecule has 1 saturated heterocycles. The van der Waals surface area contributed by atoms with Crippen LogP contribution in [0.25, 0.3) is 0 Å². The van der Waals surface area contributed by atoms with Crippen LogP contribution in [0, 0.1) is 5.92 Å². The lowest BCUT2D eigenvalue weighted by Gasteiger charge is -2.31. The number of hydrogen-bond acceptors (Lipinski definition) is 5. The van der Waals surface area contributed by atoms with Gasteiger partial charge < -0.3 is 10.4 Å². The third-order valence-electron chi connectivity index (χ3n) is 8.14. The van der Waals surface area contributed by atoms with Crippen LogP contribution in [0.4, 0.5) is 10.2 Å². The molecule has 6 nitrogen and oxygen atoms in total. The van der Waals surface area contributed by atoms with Crippen molar-refractivity contribution in [3.05, 3.63) is 53.0 Å². The number of rotatable bonds is 10. The van der Waals surface area contributed by atoms with Gasteiger partial charge in [0.25, 0.3) is 0 Å². The molecule has 0 aromatic carbocycles. The Kier molecular flexibility index (Phi) is 7.61. The first-order chi connectivity index (χ1) is 17.1. The first-order valence-corrected chi connectivity index (χ1v) is 13.4. The zero-order valence-electron chi connectivity index (χ0n) is 20.5. The van der Waals surface area contributed by atoms with Gasteiger partial charge >= 0.3 is 5.97 Å². The van der Waals surface area contributed by atoms with Gasteiger partial charge in [-0.05, 0) is 75.6 Å². The van der Waals surface area contributed by atoms with E-state index in [1.807, 2.05) is 17.0 Å². The molecule has 3 atom stereocenters. The number of nitrogens with one attached hydrogen (secondary N) is 1. The fourth-order valence-electron chi connectivity index (χ4n) is 5.90. The van der Waals surface area contributed by atoms with E-state index in [1.54, 1.807) is 6.20 Å². The number of fused-ring (bicyclic) bond motifs is 1. The number of unbranched alkanes of at least 4 members (excludes halogenated alkanes) is 1. The summed E-state index contributed by atoms with van der Waals surface area (Å²) in [6.07, 6.45) is 10.3. The van der Waals surface area contributed by atoms with Crippen molar-refractivity contribution in [1.29, 1.82) is 0 Å². The van der Waals surface area contributed by atoms with Gasteiger partial charge in [-0.3, -0.25) is 14.7 Å². The number of likely N-dealkylation sites (tertiary alicyclic amines) is 1. The van der Waals surface area contributed by atoms with E-state index in [9.17, 15) is 9.90 Å². The van der Waals surface area contributed by atoms with E-state index in [0.717, 1.165) is 74.3 Å². The lowest BCUT2D eigenvalue weighted by Crippen LogP contribution is -2.34. The summed E-state index contributed by atoms with van der Waals surface area (Å²) >= 11 is 0. The van der Waals surface area contributed by atoms with Crippen molar-refractivity contribution in [2.45, 2.75) is 82.3 Å². The first kappa shape index (κ1) is 24.2. The Morgan fingerprint density at radius 3 is 2.89 bits per heavy atom. The molecule has 5 rings (SSSR count). The Bertz CT molecular complexity index is 1030. The van der Waals surface area contributed by atoms with Gasteiger partial charge in [0.15, 0.2) is 0 Å². The summed E-state index contributed by atoms with van der Waals surface area (Å²) in [6.45, 7) is 2.10. The maximum absolute atomic E-state index is 15.2. The maximum atomic E-state index is 15.2. The number of aryl methyl sites for hydroxylation is 2. The molecule has 4 heterocycles. The van der Waals surface area contributed by atoms with Crippen LogP contribution in [-0.2, 0) is 17.6 Å². The van der Waals surface area contributed by atoms with E-state index >= 15 is 4.39 Å². The summed E-state index contributed by atoms with van der Waals surface area (Å²) in [5, 5.41) is 13.5. The number of alkyl halides is 1. The standard InChI is InChI=1S/C28H37FN4O2/c29-24(11-2-1-9-22-13-12-20-8-4-16-31-27(20)32-22)21-14-17-33(18-21)26(28(34)35)23-10-5-15-30-25(23)19-6-3-7-19/h5,10,12-13,15,19,21,24,26H,1-4,6-9,11,14,16-18H2,(H,31,32)(H,34,35)/t21?,24?,26-/m0/s1. The van der Waals surface area contributed by atoms with Gasteiger partial charge in [0.1, 0.15) is 18.0 Å². The van der Waals surface area contributed by atoms with Gasteiger partial charge in [-0.25, -0.2) is 9.37 Å². The van der Waals surface area contributed by atoms with Gasteiger partial charge in [-0.1, -0.05) is 25.0 Å². The highest BCUT2D eigenvalue weighted by atomic mass is 19.1. The fourth-order valence-corrected chi connectivity index (χ4v) is 5.90. The van der Waals surface area contributed by atoms with Crippen LogP contribution in [-0.4, -0.2) is 51.7 Å². The molecule has 2 aromatic heterocycles. The summed E-state index contributed by atoms with van der Waals surface area (Å²) in [6, 6.07) is 7.28. The topological polar surface area (TPSA) is 78.3 Å². The van der Waals surface area contributed by atoms with Crippen LogP contribution in [0.1, 0.15) is 85.8 Å². The highest BCUT2D eigenvalue weighted by Gasteiger charge is 2.39. The van der Waals surface area contributed by atoms with Crippen LogP contribution in [0.15, 0.2) is 30.5 Å². The Labute approximate surface area is 207 Å². The molecule has 0 bridgehead atoms. The van der Waals surface area contributed by atoms with Crippen LogP contribution in [0.3, 0.4) is 0 Å². The number of carboxylic acid groups (broad SMARTS) is 1. The molecule has 1 aliphatic carbocycles. The number of anilines is 1. The first-order valence-electron chi connectivity index (χ1n) is 13.4. The zero-order chi connectivity index (χ0) is 24.2. The molecular weight excluding hydrogens is 443 g/mol. The fraction of sp³-hybridized carbons (Fsp3) is 0.607. The molecule has 0 radical (unpaired) electrons. The van der Waals surface area contributed by atoms with Crippen LogP contribution in [0.2, 0.25) is 0 Å². The summed E-state index contributed by atoms with van der Waals surface area (Å²) in [5.41, 5.74) is 4.09. The van der Waals surface area contributed by atoms with Crippen molar-refractivity contribution in [3.8, 4) is 0 Å². The molecule has 0 spiro atoms. The predicted molar refractivity (Wildman–Crippen MR) is 134 cm³/mol. The molecule has 3 aliphatic rings. The second kappa shape index (κ2) is 11.0. The van der Waals surface area contributed by atoms with Gasteiger partial charge in [-0.15, -0.1) is 0 Å². The molecule has 7 heteroatoms. The summed E-state index contributed by atoms with van der Waals surface area (Å²) < 4.78 is 15.2. The van der Waals surface area contributed by atoms with Crippen molar-refractivity contribution < 1.29 is 14.3 Å². The maximum Gasteiger partial charge on any atom is 0.325 e. The van der Waals surface area contributed by atoms with Gasteiger partial charge in [0.05, 0.1) is 0 Å². The van der Waals surface area contributed by atoms with Crippen molar-refractivity contribution in [2.75, 3.05) is 25.0 Å². The average molecular weight is 481 g/mol. The van der Waals surface area contributed by atoms with Crippen molar-refractivity contribution in [1.82, 2.24) is 14.9 Å². The van der Waals surface area contributed by atoms with E-state index < -0.39 is 18.2 Å². The lowest BCUT2D eigenvalue weighted by atomic mass is 9.80. The molecule has 2 unspecified atom stereocenters. The highest BCUT2D eigenvalue weighted by Crippen LogP contribution is 2.40. The van der Waals surface area contributed by atoms with Crippen LogP contribution >= 0.6 is 0 Å². The Morgan fingerprint density at radius 1 is 1.20 bits per heavy atom. The molecule has 2 N–H and O–H groups in total. The minimum atomic E-state index is -0.896. The highest BCUT2D eigenvalue weighted by molar-refractivity contribution is 5.76. The lowest BCUT2D eigenvalue weighted by molar-refractivity contribution is -0.143. The van der Waals surface area contributed by atoms with E-state index in [2.05, 4.69) is 22.4 Å². The average Bonchev–Trinajstić information content (AvgIpc) is 3.31. The third-order valence-corrected chi connectivity index (χ3v) is 8.14. The summed E-state index contributed by atoms with van der Waals surface area (Å²) in [7, 11) is 0. The monoisotopic (exact) mass is 480 g/mol. The van der Waals surface area contributed by atoms with E-state index in [4.69, 9.17) is 4.98 Å². The van der Waals surface area contributed by atoms with Gasteiger partial charge in [0.2, 0.25) is 0 Å².